The molecule has 0 saturated carbocycles. The molecule has 9 heteroatoms. The minimum absolute atomic E-state index is 0. The largest absolute Gasteiger partial charge is 1.00 e. The van der Waals surface area contributed by atoms with Crippen LogP contribution >= 0.6 is 8.25 Å². The molecule has 0 aromatic rings. The van der Waals surface area contributed by atoms with Crippen molar-refractivity contribution in [3.8, 4) is 0 Å². The smallest absolute Gasteiger partial charge is 0.598 e. The van der Waals surface area contributed by atoms with Gasteiger partial charge < -0.3 is 25.9 Å². The number of allylic oxidation sites excluding steroid dienone is 4. The van der Waals surface area contributed by atoms with Crippen molar-refractivity contribution in [3.05, 3.63) is 50.6 Å². The third kappa shape index (κ3) is 550. The Hall–Kier alpha value is 0.860. The van der Waals surface area contributed by atoms with Crippen molar-refractivity contribution in [1.29, 1.82) is 0 Å². The molecule has 140 valence electrons. The maximum absolute atomic E-state index is 8.48. The first-order chi connectivity index (χ1) is 10.8. The monoisotopic (exact) mass is 397 g/mol. The van der Waals surface area contributed by atoms with Gasteiger partial charge in [-0.25, -0.2) is 0 Å². The van der Waals surface area contributed by atoms with E-state index in [1.807, 2.05) is 27.7 Å². The van der Waals surface area contributed by atoms with Crippen LogP contribution in [0.15, 0.2) is 50.6 Å². The Bertz CT molecular complexity index is 204. The van der Waals surface area contributed by atoms with E-state index in [2.05, 4.69) is 31.6 Å². The average Bonchev–Trinajstić information content (AvgIpc) is 2.42. The molecule has 6 nitrogen and oxygen atoms in total. The number of nitrogens with two attached hydrogens (primary N) is 1. The second-order valence-corrected chi connectivity index (χ2v) is 3.57. The van der Waals surface area contributed by atoms with Crippen molar-refractivity contribution in [2.75, 3.05) is 26.2 Å². The molecule has 0 unspecified atom stereocenters. The van der Waals surface area contributed by atoms with Crippen LogP contribution in [0.2, 0.25) is 0 Å². The van der Waals surface area contributed by atoms with E-state index in [1.165, 1.54) is 0 Å². The van der Waals surface area contributed by atoms with Crippen LogP contribution in [0.1, 0.15) is 27.7 Å². The van der Waals surface area contributed by atoms with E-state index in [0.717, 1.165) is 6.54 Å². The molecule has 0 bridgehead atoms. The molecule has 0 aromatic carbocycles. The summed E-state index contributed by atoms with van der Waals surface area (Å²) in [5, 5.41) is 11.1. The van der Waals surface area contributed by atoms with Gasteiger partial charge in [-0.15, -0.1) is 26.3 Å². The molecule has 0 saturated heterocycles. The SMILES string of the molecule is C=CC.C=CC.C=CC.C=CC.NCCNCCO.O=[P+]([O-])[O-].[Na+].[Na+]. The molecule has 25 heavy (non-hydrogen) atoms. The molecule has 0 aliphatic heterocycles. The van der Waals surface area contributed by atoms with Crippen LogP contribution in [0.3, 0.4) is 0 Å². The zero-order valence-electron chi connectivity index (χ0n) is 17.2. The van der Waals surface area contributed by atoms with E-state index in [0.29, 0.717) is 13.1 Å². The van der Waals surface area contributed by atoms with E-state index in [4.69, 9.17) is 25.2 Å². The van der Waals surface area contributed by atoms with Gasteiger partial charge in [0.15, 0.2) is 0 Å². The maximum Gasteiger partial charge on any atom is 1.00 e. The molecule has 0 amide bonds. The predicted molar refractivity (Wildman–Crippen MR) is 100 cm³/mol. The molecular weight excluding hydrogens is 361 g/mol. The molecule has 0 spiro atoms. The zero-order chi connectivity index (χ0) is 19.9. The Balaban J connectivity index is -0.0000000238. The average molecular weight is 397 g/mol. The van der Waals surface area contributed by atoms with Crippen LogP contribution in [0.4, 0.5) is 0 Å². The van der Waals surface area contributed by atoms with Crippen LogP contribution in [-0.4, -0.2) is 31.3 Å². The first kappa shape index (κ1) is 50.1. The molecule has 4 N–H and O–H groups in total. The molecule has 0 rings (SSSR count). The van der Waals surface area contributed by atoms with Gasteiger partial charge in [0.2, 0.25) is 0 Å². The number of hydrogen-bond donors (Lipinski definition) is 3. The first-order valence-electron chi connectivity index (χ1n) is 6.92. The Morgan fingerprint density at radius 3 is 1.24 bits per heavy atom. The summed E-state index contributed by atoms with van der Waals surface area (Å²) in [5.41, 5.74) is 5.13. The Morgan fingerprint density at radius 1 is 0.920 bits per heavy atom. The summed E-state index contributed by atoms with van der Waals surface area (Å²) >= 11 is 0. The summed E-state index contributed by atoms with van der Waals surface area (Å²) in [5.74, 6) is 0. The van der Waals surface area contributed by atoms with Gasteiger partial charge in [-0.3, -0.25) is 0 Å². The Kier molecular flexibility index (Phi) is 172. The van der Waals surface area contributed by atoms with E-state index in [1.54, 1.807) is 24.3 Å². The van der Waals surface area contributed by atoms with Crippen molar-refractivity contribution in [3.63, 3.8) is 0 Å². The van der Waals surface area contributed by atoms with Crippen LogP contribution < -0.4 is 80.0 Å². The summed E-state index contributed by atoms with van der Waals surface area (Å²) < 4.78 is 8.48. The first-order valence-corrected chi connectivity index (χ1v) is 8.02. The van der Waals surface area contributed by atoms with Crippen molar-refractivity contribution < 1.29 is 78.6 Å². The number of hydrogen-bond acceptors (Lipinski definition) is 6. The minimum atomic E-state index is -3.37. The third-order valence-electron chi connectivity index (χ3n) is 0.610. The number of rotatable bonds is 4. The minimum Gasteiger partial charge on any atom is -0.598 e. The molecular formula is C16H36N2Na2O4P+. The van der Waals surface area contributed by atoms with Gasteiger partial charge >= 0.3 is 59.1 Å². The quantitative estimate of drug-likeness (QED) is 0.191. The van der Waals surface area contributed by atoms with Gasteiger partial charge in [-0.05, 0) is 27.7 Å². The van der Waals surface area contributed by atoms with Gasteiger partial charge in [-0.1, -0.05) is 28.9 Å². The second-order valence-electron chi connectivity index (χ2n) is 3.12. The fourth-order valence-electron chi connectivity index (χ4n) is 0.306. The van der Waals surface area contributed by atoms with Crippen LogP contribution in [0.25, 0.3) is 0 Å². The standard InChI is InChI=1S/C4H12N2O.4C3H6.2Na.HO3P/c5-1-2-6-3-4-7;4*1-3-2;;;1-4(2)3/h6-7H,1-5H2;4*3H,1H2,2H3;;;(H,1,2,3)/q;;;;;2*+1;/p-1. The van der Waals surface area contributed by atoms with Gasteiger partial charge in [0.25, 0.3) is 8.25 Å². The number of aliphatic hydroxyl groups is 1. The summed E-state index contributed by atoms with van der Waals surface area (Å²) in [6.07, 6.45) is 7.00. The summed E-state index contributed by atoms with van der Waals surface area (Å²) in [6, 6.07) is 0. The molecule has 0 aliphatic rings. The topological polar surface area (TPSA) is 121 Å². The van der Waals surface area contributed by atoms with Gasteiger partial charge in [0, 0.05) is 19.6 Å². The summed E-state index contributed by atoms with van der Waals surface area (Å²) in [7, 11) is -3.37. The fraction of sp³-hybridized carbons (Fsp3) is 0.500. The molecule has 0 aliphatic carbocycles. The van der Waals surface area contributed by atoms with Gasteiger partial charge in [-0.2, -0.15) is 0 Å². The van der Waals surface area contributed by atoms with Gasteiger partial charge in [0.1, 0.15) is 0 Å². The second kappa shape index (κ2) is 85.6. The van der Waals surface area contributed by atoms with Crippen molar-refractivity contribution >= 4 is 8.25 Å². The normalized spacial score (nSPS) is 5.76. The maximum atomic E-state index is 8.48. The third-order valence-corrected chi connectivity index (χ3v) is 0.610. The predicted octanol–water partition coefficient (Wildman–Crippen LogP) is -4.33. The Labute approximate surface area is 200 Å². The van der Waals surface area contributed by atoms with Gasteiger partial charge in [0.05, 0.1) is 6.61 Å². The molecule has 0 atom stereocenters. The number of aliphatic hydroxyl groups excluding tert-OH is 1. The molecule has 0 aromatic heterocycles. The van der Waals surface area contributed by atoms with Crippen molar-refractivity contribution in [1.82, 2.24) is 5.32 Å². The molecule has 0 heterocycles. The van der Waals surface area contributed by atoms with Crippen LogP contribution in [-0.2, 0) is 4.57 Å². The van der Waals surface area contributed by atoms with Crippen molar-refractivity contribution in [2.45, 2.75) is 27.7 Å². The Morgan fingerprint density at radius 2 is 1.12 bits per heavy atom. The zero-order valence-corrected chi connectivity index (χ0v) is 22.1. The molecule has 0 radical (unpaired) electrons. The number of nitrogens with one attached hydrogen (secondary N) is 1. The van der Waals surface area contributed by atoms with Crippen LogP contribution in [0, 0.1) is 0 Å². The summed E-state index contributed by atoms with van der Waals surface area (Å²) in [6.45, 7) is 23.3. The summed E-state index contributed by atoms with van der Waals surface area (Å²) in [4.78, 5) is 17.0. The van der Waals surface area contributed by atoms with E-state index in [9.17, 15) is 0 Å². The molecule has 0 fully saturated rings. The van der Waals surface area contributed by atoms with Crippen LogP contribution in [0.5, 0.6) is 0 Å². The fourth-order valence-corrected chi connectivity index (χ4v) is 0.306. The van der Waals surface area contributed by atoms with E-state index < -0.39 is 8.25 Å². The van der Waals surface area contributed by atoms with Crippen molar-refractivity contribution in [2.24, 2.45) is 5.73 Å². The van der Waals surface area contributed by atoms with E-state index in [-0.39, 0.29) is 65.7 Å². The van der Waals surface area contributed by atoms with E-state index >= 15 is 0 Å².